The lowest BCUT2D eigenvalue weighted by molar-refractivity contribution is -0.118. The number of carbonyl (C=O) groups excluding carboxylic acids is 1. The molecule has 0 saturated heterocycles. The molecule has 0 bridgehead atoms. The molecule has 94 valence electrons. The predicted molar refractivity (Wildman–Crippen MR) is 68.0 cm³/mol. The summed E-state index contributed by atoms with van der Waals surface area (Å²) in [6, 6.07) is 0. The topological polar surface area (TPSA) is 85.6 Å². The number of carbonyl (C=O) groups is 1. The Labute approximate surface area is 108 Å². The smallest absolute Gasteiger partial charge is 0.230 e. The number of aromatic nitrogens is 5. The Hall–Kier alpha value is -1.96. The van der Waals surface area contributed by atoms with Crippen LogP contribution in [0.5, 0.6) is 0 Å². The summed E-state index contributed by atoms with van der Waals surface area (Å²) in [5.41, 5.74) is 1.26. The van der Waals surface area contributed by atoms with Crippen molar-refractivity contribution in [3.63, 3.8) is 0 Å². The zero-order chi connectivity index (χ0) is 13.0. The molecule has 18 heavy (non-hydrogen) atoms. The molecule has 0 aliphatic rings. The van der Waals surface area contributed by atoms with Crippen molar-refractivity contribution in [3.05, 3.63) is 19.0 Å². The van der Waals surface area contributed by atoms with Gasteiger partial charge in [0.25, 0.3) is 0 Å². The predicted octanol–water partition coefficient (Wildman–Crippen LogP) is 0.153. The first-order chi connectivity index (χ1) is 8.72. The van der Waals surface area contributed by atoms with Crippen LogP contribution in [0.15, 0.2) is 24.0 Å². The van der Waals surface area contributed by atoms with Gasteiger partial charge in [0, 0.05) is 13.6 Å². The van der Waals surface area contributed by atoms with Gasteiger partial charge in [0.1, 0.15) is 11.4 Å². The number of fused-ring (bicyclic) bond motifs is 1. The van der Waals surface area contributed by atoms with E-state index in [0.29, 0.717) is 22.7 Å². The van der Waals surface area contributed by atoms with E-state index in [1.54, 1.807) is 17.8 Å². The molecule has 1 N–H and O–H groups in total. The minimum atomic E-state index is -0.0736. The zero-order valence-corrected chi connectivity index (χ0v) is 10.6. The Balaban J connectivity index is 2.08. The van der Waals surface area contributed by atoms with Crippen molar-refractivity contribution in [1.29, 1.82) is 0 Å². The molecular formula is C10H12N6OS. The molecule has 0 spiro atoms. The number of amides is 1. The number of rotatable bonds is 5. The second kappa shape index (κ2) is 5.58. The first-order valence-electron chi connectivity index (χ1n) is 5.23. The van der Waals surface area contributed by atoms with Crippen molar-refractivity contribution in [2.45, 2.75) is 5.03 Å². The van der Waals surface area contributed by atoms with Crippen LogP contribution in [0, 0.1) is 0 Å². The fraction of sp³-hybridized carbons (Fsp3) is 0.300. The third kappa shape index (κ3) is 2.65. The molecule has 7 nitrogen and oxygen atoms in total. The van der Waals surface area contributed by atoms with Crippen molar-refractivity contribution in [2.75, 3.05) is 12.3 Å². The van der Waals surface area contributed by atoms with Crippen LogP contribution in [0.3, 0.4) is 0 Å². The van der Waals surface area contributed by atoms with Gasteiger partial charge in [-0.1, -0.05) is 23.1 Å². The van der Waals surface area contributed by atoms with E-state index in [2.05, 4.69) is 32.2 Å². The number of hydrogen-bond acceptors (Lipinski definition) is 6. The summed E-state index contributed by atoms with van der Waals surface area (Å²) < 4.78 is 1.57. The summed E-state index contributed by atoms with van der Waals surface area (Å²) in [5.74, 6) is 0.201. The van der Waals surface area contributed by atoms with E-state index in [0.717, 1.165) is 0 Å². The fourth-order valence-corrected chi connectivity index (χ4v) is 2.07. The van der Waals surface area contributed by atoms with E-state index in [-0.39, 0.29) is 11.7 Å². The molecular weight excluding hydrogens is 252 g/mol. The Morgan fingerprint density at radius 2 is 2.44 bits per heavy atom. The highest BCUT2D eigenvalue weighted by atomic mass is 32.2. The van der Waals surface area contributed by atoms with Crippen LogP contribution < -0.4 is 5.32 Å². The molecule has 8 heteroatoms. The summed E-state index contributed by atoms with van der Waals surface area (Å²) in [5, 5.41) is 11.2. The molecule has 0 radical (unpaired) electrons. The summed E-state index contributed by atoms with van der Waals surface area (Å²) in [6.45, 7) is 3.99. The van der Waals surface area contributed by atoms with Gasteiger partial charge in [-0.3, -0.25) is 4.79 Å². The van der Waals surface area contributed by atoms with Gasteiger partial charge in [0.05, 0.1) is 5.75 Å². The molecule has 0 saturated carbocycles. The summed E-state index contributed by atoms with van der Waals surface area (Å²) >= 11 is 1.31. The van der Waals surface area contributed by atoms with Gasteiger partial charge in [-0.15, -0.1) is 11.7 Å². The Morgan fingerprint density at radius 3 is 3.22 bits per heavy atom. The lowest BCUT2D eigenvalue weighted by atomic mass is 10.5. The number of aryl methyl sites for hydroxylation is 1. The van der Waals surface area contributed by atoms with Crippen molar-refractivity contribution < 1.29 is 4.79 Å². The number of nitrogens with one attached hydrogen (secondary N) is 1. The van der Waals surface area contributed by atoms with E-state index in [1.165, 1.54) is 18.1 Å². The van der Waals surface area contributed by atoms with Crippen LogP contribution in [0.1, 0.15) is 0 Å². The SMILES string of the molecule is C=CCNC(=O)CSc1ncnc2c1nnn2C. The lowest BCUT2D eigenvalue weighted by Crippen LogP contribution is -2.24. The first kappa shape index (κ1) is 12.5. The molecule has 0 aromatic carbocycles. The Kier molecular flexibility index (Phi) is 3.88. The van der Waals surface area contributed by atoms with Crippen LogP contribution >= 0.6 is 11.8 Å². The van der Waals surface area contributed by atoms with Crippen LogP contribution in [-0.2, 0) is 11.8 Å². The highest BCUT2D eigenvalue weighted by molar-refractivity contribution is 8.00. The Bertz CT molecular complexity index is 581. The second-order valence-corrected chi connectivity index (χ2v) is 4.41. The maximum absolute atomic E-state index is 11.5. The van der Waals surface area contributed by atoms with Gasteiger partial charge in [-0.05, 0) is 0 Å². The van der Waals surface area contributed by atoms with Crippen molar-refractivity contribution in [1.82, 2.24) is 30.3 Å². The summed E-state index contributed by atoms with van der Waals surface area (Å²) in [4.78, 5) is 19.6. The van der Waals surface area contributed by atoms with Gasteiger partial charge in [0.15, 0.2) is 11.2 Å². The van der Waals surface area contributed by atoms with Gasteiger partial charge in [-0.25, -0.2) is 14.6 Å². The van der Waals surface area contributed by atoms with Crippen molar-refractivity contribution >= 4 is 28.8 Å². The number of thioether (sulfide) groups is 1. The first-order valence-corrected chi connectivity index (χ1v) is 6.21. The minimum Gasteiger partial charge on any atom is -0.352 e. The van der Waals surface area contributed by atoms with Crippen molar-refractivity contribution in [2.24, 2.45) is 7.05 Å². The molecule has 2 aromatic rings. The third-order valence-electron chi connectivity index (χ3n) is 2.14. The van der Waals surface area contributed by atoms with Gasteiger partial charge in [-0.2, -0.15) is 0 Å². The molecule has 2 aromatic heterocycles. The molecule has 0 fully saturated rings. The van der Waals surface area contributed by atoms with Crippen LogP contribution in [0.4, 0.5) is 0 Å². The highest BCUT2D eigenvalue weighted by Gasteiger charge is 2.11. The largest absolute Gasteiger partial charge is 0.352 e. The number of nitrogens with zero attached hydrogens (tertiary/aromatic N) is 5. The number of hydrogen-bond donors (Lipinski definition) is 1. The monoisotopic (exact) mass is 264 g/mol. The van der Waals surface area contributed by atoms with E-state index in [9.17, 15) is 4.79 Å². The van der Waals surface area contributed by atoms with Crippen LogP contribution in [0.25, 0.3) is 11.2 Å². The van der Waals surface area contributed by atoms with Crippen LogP contribution in [-0.4, -0.2) is 43.2 Å². The van der Waals surface area contributed by atoms with Crippen LogP contribution in [0.2, 0.25) is 0 Å². The Morgan fingerprint density at radius 1 is 1.61 bits per heavy atom. The normalized spacial score (nSPS) is 10.5. The molecule has 0 aliphatic carbocycles. The quantitative estimate of drug-likeness (QED) is 0.470. The molecule has 0 atom stereocenters. The maximum atomic E-state index is 11.5. The molecule has 2 rings (SSSR count). The van der Waals surface area contributed by atoms with E-state index in [1.807, 2.05) is 0 Å². The maximum Gasteiger partial charge on any atom is 0.230 e. The molecule has 2 heterocycles. The summed E-state index contributed by atoms with van der Waals surface area (Å²) in [6.07, 6.45) is 3.07. The van der Waals surface area contributed by atoms with E-state index >= 15 is 0 Å². The van der Waals surface area contributed by atoms with Gasteiger partial charge < -0.3 is 5.32 Å². The van der Waals surface area contributed by atoms with E-state index < -0.39 is 0 Å². The zero-order valence-electron chi connectivity index (χ0n) is 9.83. The van der Waals surface area contributed by atoms with Gasteiger partial charge >= 0.3 is 0 Å². The molecule has 0 aliphatic heterocycles. The molecule has 1 amide bonds. The summed E-state index contributed by atoms with van der Waals surface area (Å²) in [7, 11) is 1.76. The molecule has 0 unspecified atom stereocenters. The average Bonchev–Trinajstić information content (AvgIpc) is 2.76. The highest BCUT2D eigenvalue weighted by Crippen LogP contribution is 2.21. The standard InChI is InChI=1S/C10H12N6OS/c1-3-4-11-7(17)5-18-10-8-9(12-6-13-10)16(2)15-14-8/h3,6H,1,4-5H2,2H3,(H,11,17). The van der Waals surface area contributed by atoms with Gasteiger partial charge in [0.2, 0.25) is 5.91 Å². The third-order valence-corrected chi connectivity index (χ3v) is 3.12. The van der Waals surface area contributed by atoms with Crippen molar-refractivity contribution in [3.8, 4) is 0 Å². The average molecular weight is 264 g/mol. The second-order valence-electron chi connectivity index (χ2n) is 3.45. The minimum absolute atomic E-state index is 0.0736. The fourth-order valence-electron chi connectivity index (χ4n) is 1.31. The lowest BCUT2D eigenvalue weighted by Gasteiger charge is -2.01. The van der Waals surface area contributed by atoms with E-state index in [4.69, 9.17) is 0 Å².